The minimum atomic E-state index is -0.866. The first-order chi connectivity index (χ1) is 14.2. The van der Waals surface area contributed by atoms with Gasteiger partial charge in [-0.15, -0.1) is 0 Å². The summed E-state index contributed by atoms with van der Waals surface area (Å²) < 4.78 is 15.2. The highest BCUT2D eigenvalue weighted by Crippen LogP contribution is 2.42. The number of carboxylic acid groups (broad SMARTS) is 1. The molecule has 2 saturated heterocycles. The van der Waals surface area contributed by atoms with E-state index in [2.05, 4.69) is 5.32 Å². The van der Waals surface area contributed by atoms with E-state index in [0.29, 0.717) is 44.1 Å². The molecule has 0 aromatic heterocycles. The van der Waals surface area contributed by atoms with Crippen LogP contribution in [-0.4, -0.2) is 79.8 Å². The number of nitrogens with one attached hydrogen (secondary N) is 1. The number of anilines is 3. The number of amides is 2. The number of hydrogen-bond donors (Lipinski definition) is 2. The predicted molar refractivity (Wildman–Crippen MR) is 109 cm³/mol. The molecule has 3 aliphatic rings. The van der Waals surface area contributed by atoms with Crippen molar-refractivity contribution in [3.05, 3.63) is 17.9 Å². The molecule has 0 saturated carbocycles. The van der Waals surface area contributed by atoms with Gasteiger partial charge in [-0.1, -0.05) is 0 Å². The summed E-state index contributed by atoms with van der Waals surface area (Å²) in [5, 5.41) is 11.4. The summed E-state index contributed by atoms with van der Waals surface area (Å²) in [7, 11) is 1.89. The molecule has 3 heterocycles. The van der Waals surface area contributed by atoms with Gasteiger partial charge in [0, 0.05) is 45.2 Å². The number of carbonyl (C=O) groups excluding carboxylic acids is 2. The van der Waals surface area contributed by atoms with E-state index in [1.54, 1.807) is 6.07 Å². The Kier molecular flexibility index (Phi) is 5.27. The number of nitrogens with zero attached hydrogens (tertiary/aromatic N) is 4. The van der Waals surface area contributed by atoms with Crippen LogP contribution >= 0.6 is 0 Å². The van der Waals surface area contributed by atoms with Crippen LogP contribution in [0, 0.1) is 5.82 Å². The summed E-state index contributed by atoms with van der Waals surface area (Å²) in [4.78, 5) is 42.4. The lowest BCUT2D eigenvalue weighted by Crippen LogP contribution is -2.53. The Morgan fingerprint density at radius 2 is 1.97 bits per heavy atom. The largest absolute Gasteiger partial charge is 0.480 e. The van der Waals surface area contributed by atoms with Gasteiger partial charge in [-0.3, -0.25) is 24.6 Å². The second-order valence-corrected chi connectivity index (χ2v) is 8.24. The van der Waals surface area contributed by atoms with Crippen molar-refractivity contribution in [3.63, 3.8) is 0 Å². The molecule has 2 fully saturated rings. The van der Waals surface area contributed by atoms with Crippen molar-refractivity contribution in [2.75, 3.05) is 54.6 Å². The van der Waals surface area contributed by atoms with Gasteiger partial charge in [0.05, 0.1) is 30.3 Å². The quantitative estimate of drug-likeness (QED) is 0.679. The normalized spacial score (nSPS) is 24.8. The molecule has 1 aromatic carbocycles. The molecule has 162 valence electrons. The van der Waals surface area contributed by atoms with Gasteiger partial charge in [-0.2, -0.15) is 0 Å². The van der Waals surface area contributed by atoms with Crippen molar-refractivity contribution in [1.29, 1.82) is 0 Å². The first-order valence-electron chi connectivity index (χ1n) is 10.1. The Labute approximate surface area is 174 Å². The van der Waals surface area contributed by atoms with Crippen LogP contribution in [0.25, 0.3) is 0 Å². The summed E-state index contributed by atoms with van der Waals surface area (Å²) in [6.07, 6.45) is 0.675. The number of carbonyl (C=O) groups is 3. The molecule has 4 rings (SSSR count). The Morgan fingerprint density at radius 3 is 2.63 bits per heavy atom. The van der Waals surface area contributed by atoms with Crippen LogP contribution in [0.5, 0.6) is 0 Å². The molecule has 30 heavy (non-hydrogen) atoms. The first kappa shape index (κ1) is 20.4. The number of piperazine rings is 1. The zero-order chi connectivity index (χ0) is 21.6. The van der Waals surface area contributed by atoms with Crippen LogP contribution in [0.2, 0.25) is 0 Å². The standard InChI is InChI=1S/C20H26FN5O4/c1-12-9-24(10-19(28)29)5-6-25(12)15-8-16-17(7-13(15)21)26(11-23(16)2)14-3-4-18(27)22-20(14)30/h7-8,12,14H,3-6,9-11H2,1-2H3,(H,28,29)(H,22,27,30)/t12-,14?/m1/s1. The van der Waals surface area contributed by atoms with Crippen LogP contribution in [0.1, 0.15) is 19.8 Å². The summed E-state index contributed by atoms with van der Waals surface area (Å²) >= 11 is 0. The van der Waals surface area contributed by atoms with Gasteiger partial charge in [0.2, 0.25) is 11.8 Å². The average molecular weight is 419 g/mol. The summed E-state index contributed by atoms with van der Waals surface area (Å²) in [6.45, 7) is 4.00. The van der Waals surface area contributed by atoms with E-state index >= 15 is 4.39 Å². The molecule has 9 nitrogen and oxygen atoms in total. The third-order valence-electron chi connectivity index (χ3n) is 6.10. The molecule has 2 atom stereocenters. The van der Waals surface area contributed by atoms with Gasteiger partial charge in [-0.25, -0.2) is 4.39 Å². The molecular weight excluding hydrogens is 393 g/mol. The number of hydrogen-bond acceptors (Lipinski definition) is 7. The number of fused-ring (bicyclic) bond motifs is 1. The molecule has 2 N–H and O–H groups in total. The van der Waals surface area contributed by atoms with Crippen molar-refractivity contribution in [3.8, 4) is 0 Å². The number of rotatable bonds is 4. The summed E-state index contributed by atoms with van der Waals surface area (Å²) in [6, 6.07) is 2.73. The van der Waals surface area contributed by atoms with E-state index in [4.69, 9.17) is 5.11 Å². The van der Waals surface area contributed by atoms with Gasteiger partial charge in [-0.05, 0) is 19.4 Å². The molecule has 1 aromatic rings. The van der Waals surface area contributed by atoms with Crippen LogP contribution in [0.4, 0.5) is 21.5 Å². The lowest BCUT2D eigenvalue weighted by atomic mass is 10.0. The van der Waals surface area contributed by atoms with E-state index in [0.717, 1.165) is 5.69 Å². The van der Waals surface area contributed by atoms with Crippen molar-refractivity contribution in [1.82, 2.24) is 10.2 Å². The van der Waals surface area contributed by atoms with Crippen molar-refractivity contribution < 1.29 is 23.9 Å². The minimum absolute atomic E-state index is 0.0193. The van der Waals surface area contributed by atoms with Gasteiger partial charge in [0.25, 0.3) is 0 Å². The molecule has 0 radical (unpaired) electrons. The maximum atomic E-state index is 15.2. The number of halogens is 1. The summed E-state index contributed by atoms with van der Waals surface area (Å²) in [5.41, 5.74) is 1.95. The van der Waals surface area contributed by atoms with E-state index in [9.17, 15) is 14.4 Å². The topological polar surface area (TPSA) is 96.4 Å². The second kappa shape index (κ2) is 7.75. The molecule has 0 aliphatic carbocycles. The van der Waals surface area contributed by atoms with Crippen LogP contribution < -0.4 is 20.0 Å². The molecule has 2 amide bonds. The maximum Gasteiger partial charge on any atom is 0.317 e. The van der Waals surface area contributed by atoms with Gasteiger partial charge >= 0.3 is 5.97 Å². The number of aliphatic carboxylic acids is 1. The summed E-state index contributed by atoms with van der Waals surface area (Å²) in [5.74, 6) is -1.86. The number of imide groups is 1. The van der Waals surface area contributed by atoms with Gasteiger partial charge < -0.3 is 19.8 Å². The smallest absolute Gasteiger partial charge is 0.317 e. The molecule has 1 unspecified atom stereocenters. The third kappa shape index (κ3) is 3.67. The maximum absolute atomic E-state index is 15.2. The van der Waals surface area contributed by atoms with Crippen molar-refractivity contribution >= 4 is 34.8 Å². The van der Waals surface area contributed by atoms with Crippen LogP contribution in [-0.2, 0) is 14.4 Å². The highest BCUT2D eigenvalue weighted by molar-refractivity contribution is 6.02. The highest BCUT2D eigenvalue weighted by Gasteiger charge is 2.38. The lowest BCUT2D eigenvalue weighted by Gasteiger charge is -2.41. The van der Waals surface area contributed by atoms with E-state index in [1.165, 1.54) is 6.07 Å². The third-order valence-corrected chi connectivity index (χ3v) is 6.10. The fraction of sp³-hybridized carbons (Fsp3) is 0.550. The van der Waals surface area contributed by atoms with E-state index < -0.39 is 12.0 Å². The fourth-order valence-corrected chi connectivity index (χ4v) is 4.65. The molecule has 0 bridgehead atoms. The minimum Gasteiger partial charge on any atom is -0.480 e. The van der Waals surface area contributed by atoms with Crippen LogP contribution in [0.3, 0.4) is 0 Å². The number of carboxylic acids is 1. The fourth-order valence-electron chi connectivity index (χ4n) is 4.65. The predicted octanol–water partition coefficient (Wildman–Crippen LogP) is 0.440. The number of piperidine rings is 1. The average Bonchev–Trinajstić information content (AvgIpc) is 2.96. The Morgan fingerprint density at radius 1 is 1.20 bits per heavy atom. The van der Waals surface area contributed by atoms with E-state index in [1.807, 2.05) is 33.6 Å². The van der Waals surface area contributed by atoms with Crippen molar-refractivity contribution in [2.24, 2.45) is 0 Å². The monoisotopic (exact) mass is 419 g/mol. The SMILES string of the molecule is C[C@@H]1CN(CC(=O)O)CCN1c1cc2c(cc1F)N(C1CCC(=O)NC1=O)CN2C. The highest BCUT2D eigenvalue weighted by atomic mass is 19.1. The molecular formula is C20H26FN5O4. The Bertz CT molecular complexity index is 894. The molecule has 10 heteroatoms. The molecule has 0 spiro atoms. The zero-order valence-electron chi connectivity index (χ0n) is 17.1. The first-order valence-corrected chi connectivity index (χ1v) is 10.1. The van der Waals surface area contributed by atoms with Crippen molar-refractivity contribution in [2.45, 2.75) is 31.8 Å². The van der Waals surface area contributed by atoms with Gasteiger partial charge in [0.15, 0.2) is 0 Å². The second-order valence-electron chi connectivity index (χ2n) is 8.24. The Balaban J connectivity index is 1.58. The molecule has 3 aliphatic heterocycles. The van der Waals surface area contributed by atoms with Crippen LogP contribution in [0.15, 0.2) is 12.1 Å². The lowest BCUT2D eigenvalue weighted by molar-refractivity contribution is -0.138. The number of benzene rings is 1. The zero-order valence-corrected chi connectivity index (χ0v) is 17.1. The van der Waals surface area contributed by atoms with E-state index in [-0.39, 0.29) is 36.6 Å². The van der Waals surface area contributed by atoms with Gasteiger partial charge in [0.1, 0.15) is 11.9 Å². The Hall–Kier alpha value is -2.88.